The van der Waals surface area contributed by atoms with Crippen molar-refractivity contribution in [2.45, 2.75) is 19.3 Å². The molecule has 0 radical (unpaired) electrons. The molecule has 0 aliphatic heterocycles. The van der Waals surface area contributed by atoms with Gasteiger partial charge in [-0.25, -0.2) is 0 Å². The van der Waals surface area contributed by atoms with E-state index in [0.29, 0.717) is 17.1 Å². The molecule has 0 atom stereocenters. The maximum Gasteiger partial charge on any atom is 0.176 e. The summed E-state index contributed by atoms with van der Waals surface area (Å²) in [6, 6.07) is 12.8. The zero-order valence-electron chi connectivity index (χ0n) is 14.2. The van der Waals surface area contributed by atoms with Gasteiger partial charge < -0.3 is 14.2 Å². The van der Waals surface area contributed by atoms with E-state index in [2.05, 4.69) is 0 Å². The van der Waals surface area contributed by atoms with Gasteiger partial charge in [0, 0.05) is 6.07 Å². The monoisotopic (exact) mass is 314 g/mol. The van der Waals surface area contributed by atoms with Crippen molar-refractivity contribution in [3.05, 3.63) is 53.6 Å². The van der Waals surface area contributed by atoms with Gasteiger partial charge in [-0.2, -0.15) is 0 Å². The topological polar surface area (TPSA) is 44.8 Å². The number of carbonyl (C=O) groups is 1. The summed E-state index contributed by atoms with van der Waals surface area (Å²) in [5.41, 5.74) is 0.768. The standard InChI is InChI=1S/C19H22O4/c1-19(2,13-6-8-14(21-3)9-7-13)18(20)16-11-10-15(22-4)12-17(16)23-5/h6-12H,1-5H3. The fourth-order valence-electron chi connectivity index (χ4n) is 2.46. The van der Waals surface area contributed by atoms with E-state index in [1.165, 1.54) is 0 Å². The lowest BCUT2D eigenvalue weighted by Crippen LogP contribution is -2.29. The van der Waals surface area contributed by atoms with Crippen LogP contribution in [0.3, 0.4) is 0 Å². The molecule has 0 bridgehead atoms. The predicted octanol–water partition coefficient (Wildman–Crippen LogP) is 3.87. The first-order valence-corrected chi connectivity index (χ1v) is 7.35. The second-order valence-corrected chi connectivity index (χ2v) is 5.75. The van der Waals surface area contributed by atoms with Crippen LogP contribution in [0.1, 0.15) is 29.8 Å². The fourth-order valence-corrected chi connectivity index (χ4v) is 2.46. The van der Waals surface area contributed by atoms with E-state index in [9.17, 15) is 4.79 Å². The van der Waals surface area contributed by atoms with Crippen LogP contribution in [0.4, 0.5) is 0 Å². The average molecular weight is 314 g/mol. The van der Waals surface area contributed by atoms with Crippen molar-refractivity contribution in [2.75, 3.05) is 21.3 Å². The van der Waals surface area contributed by atoms with Crippen molar-refractivity contribution in [3.8, 4) is 17.2 Å². The highest BCUT2D eigenvalue weighted by Gasteiger charge is 2.32. The summed E-state index contributed by atoms with van der Waals surface area (Å²) in [7, 11) is 4.75. The lowest BCUT2D eigenvalue weighted by Gasteiger charge is -2.25. The van der Waals surface area contributed by atoms with Gasteiger partial charge in [0.25, 0.3) is 0 Å². The van der Waals surface area contributed by atoms with Gasteiger partial charge in [0.2, 0.25) is 0 Å². The summed E-state index contributed by atoms with van der Waals surface area (Å²) in [6.45, 7) is 3.81. The van der Waals surface area contributed by atoms with Crippen LogP contribution in [-0.4, -0.2) is 27.1 Å². The Morgan fingerprint density at radius 3 is 1.91 bits per heavy atom. The molecule has 0 saturated heterocycles. The molecule has 0 amide bonds. The summed E-state index contributed by atoms with van der Waals surface area (Å²) in [6.07, 6.45) is 0. The predicted molar refractivity (Wildman–Crippen MR) is 89.9 cm³/mol. The number of benzene rings is 2. The zero-order chi connectivity index (χ0) is 17.0. The first-order valence-electron chi connectivity index (χ1n) is 7.35. The molecule has 0 aromatic heterocycles. The van der Waals surface area contributed by atoms with Gasteiger partial charge in [-0.05, 0) is 43.7 Å². The van der Waals surface area contributed by atoms with Crippen LogP contribution in [0.2, 0.25) is 0 Å². The molecule has 23 heavy (non-hydrogen) atoms. The number of hydrogen-bond acceptors (Lipinski definition) is 4. The van der Waals surface area contributed by atoms with E-state index < -0.39 is 5.41 Å². The van der Waals surface area contributed by atoms with Crippen molar-refractivity contribution in [3.63, 3.8) is 0 Å². The number of ether oxygens (including phenoxy) is 3. The lowest BCUT2D eigenvalue weighted by molar-refractivity contribution is 0.0905. The van der Waals surface area contributed by atoms with Gasteiger partial charge in [0.15, 0.2) is 5.78 Å². The Labute approximate surface area is 137 Å². The van der Waals surface area contributed by atoms with Gasteiger partial charge in [0.1, 0.15) is 17.2 Å². The molecule has 0 spiro atoms. The zero-order valence-corrected chi connectivity index (χ0v) is 14.2. The Morgan fingerprint density at radius 1 is 0.826 bits per heavy atom. The molecule has 0 unspecified atom stereocenters. The molecule has 0 aliphatic rings. The lowest BCUT2D eigenvalue weighted by atomic mass is 9.78. The molecule has 0 saturated carbocycles. The molecule has 122 valence electrons. The SMILES string of the molecule is COc1ccc(C(C)(C)C(=O)c2ccc(OC)cc2OC)cc1. The third-order valence-electron chi connectivity index (χ3n) is 4.03. The summed E-state index contributed by atoms with van der Waals surface area (Å²) >= 11 is 0. The second-order valence-electron chi connectivity index (χ2n) is 5.75. The van der Waals surface area contributed by atoms with Crippen LogP contribution < -0.4 is 14.2 Å². The molecular formula is C19H22O4. The van der Waals surface area contributed by atoms with Gasteiger partial charge in [-0.3, -0.25) is 4.79 Å². The van der Waals surface area contributed by atoms with Crippen molar-refractivity contribution in [1.29, 1.82) is 0 Å². The Morgan fingerprint density at radius 2 is 1.39 bits per heavy atom. The van der Waals surface area contributed by atoms with Crippen LogP contribution in [0, 0.1) is 0 Å². The van der Waals surface area contributed by atoms with Gasteiger partial charge in [0.05, 0.1) is 32.3 Å². The minimum Gasteiger partial charge on any atom is -0.497 e. The molecule has 2 aromatic rings. The molecule has 0 N–H and O–H groups in total. The van der Waals surface area contributed by atoms with Crippen LogP contribution in [0.25, 0.3) is 0 Å². The smallest absolute Gasteiger partial charge is 0.176 e. The summed E-state index contributed by atoms with van der Waals surface area (Å²) in [4.78, 5) is 13.0. The molecule has 4 nitrogen and oxygen atoms in total. The number of hydrogen-bond donors (Lipinski definition) is 0. The summed E-state index contributed by atoms with van der Waals surface area (Å²) in [5.74, 6) is 1.91. The number of carbonyl (C=O) groups excluding carboxylic acids is 1. The molecule has 4 heteroatoms. The van der Waals surface area contributed by atoms with Crippen LogP contribution in [0.5, 0.6) is 17.2 Å². The van der Waals surface area contributed by atoms with E-state index in [1.807, 2.05) is 38.1 Å². The molecule has 2 rings (SSSR count). The number of Topliss-reactive ketones (excluding diaryl/α,β-unsaturated/α-hetero) is 1. The maximum absolute atomic E-state index is 13.0. The highest BCUT2D eigenvalue weighted by atomic mass is 16.5. The highest BCUT2D eigenvalue weighted by molar-refractivity contribution is 6.05. The Kier molecular flexibility index (Phi) is 4.94. The van der Waals surface area contributed by atoms with E-state index in [0.717, 1.165) is 11.3 Å². The quantitative estimate of drug-likeness (QED) is 0.759. The molecule has 0 fully saturated rings. The van der Waals surface area contributed by atoms with Crippen LogP contribution >= 0.6 is 0 Å². The number of methoxy groups -OCH3 is 3. The fraction of sp³-hybridized carbons (Fsp3) is 0.316. The highest BCUT2D eigenvalue weighted by Crippen LogP contribution is 2.34. The first kappa shape index (κ1) is 16.9. The van der Waals surface area contributed by atoms with Gasteiger partial charge >= 0.3 is 0 Å². The largest absolute Gasteiger partial charge is 0.497 e. The number of rotatable bonds is 6. The van der Waals surface area contributed by atoms with Crippen molar-refractivity contribution in [2.24, 2.45) is 0 Å². The number of ketones is 1. The van der Waals surface area contributed by atoms with Crippen LogP contribution in [-0.2, 0) is 5.41 Å². The molecule has 2 aromatic carbocycles. The average Bonchev–Trinajstić information content (AvgIpc) is 2.60. The minimum absolute atomic E-state index is 0.0119. The Hall–Kier alpha value is -2.49. The molecule has 0 aliphatic carbocycles. The summed E-state index contributed by atoms with van der Waals surface area (Å²) < 4.78 is 15.7. The third-order valence-corrected chi connectivity index (χ3v) is 4.03. The second kappa shape index (κ2) is 6.73. The van der Waals surface area contributed by atoms with Crippen molar-refractivity contribution in [1.82, 2.24) is 0 Å². The Balaban J connectivity index is 2.40. The third kappa shape index (κ3) is 3.31. The van der Waals surface area contributed by atoms with Crippen molar-refractivity contribution < 1.29 is 19.0 Å². The summed E-state index contributed by atoms with van der Waals surface area (Å²) in [5, 5.41) is 0. The first-order chi connectivity index (χ1) is 10.9. The van der Waals surface area contributed by atoms with E-state index in [1.54, 1.807) is 39.5 Å². The maximum atomic E-state index is 13.0. The van der Waals surface area contributed by atoms with E-state index in [-0.39, 0.29) is 5.78 Å². The van der Waals surface area contributed by atoms with Crippen molar-refractivity contribution >= 4 is 5.78 Å². The van der Waals surface area contributed by atoms with Gasteiger partial charge in [-0.15, -0.1) is 0 Å². The minimum atomic E-state index is -0.686. The van der Waals surface area contributed by atoms with E-state index in [4.69, 9.17) is 14.2 Å². The molecule has 0 heterocycles. The normalized spacial score (nSPS) is 11.0. The van der Waals surface area contributed by atoms with Crippen LogP contribution in [0.15, 0.2) is 42.5 Å². The Bertz CT molecular complexity index is 687. The van der Waals surface area contributed by atoms with Gasteiger partial charge in [-0.1, -0.05) is 12.1 Å². The van der Waals surface area contributed by atoms with E-state index >= 15 is 0 Å². The molecular weight excluding hydrogens is 292 g/mol.